The van der Waals surface area contributed by atoms with Gasteiger partial charge in [-0.2, -0.15) is 0 Å². The number of nitrogens with zero attached hydrogens (tertiary/aromatic N) is 4. The number of aromatic nitrogens is 3. The average Bonchev–Trinajstić information content (AvgIpc) is 3.40. The maximum absolute atomic E-state index is 14.5. The highest BCUT2D eigenvalue weighted by Crippen LogP contribution is 2.27. The number of aryl methyl sites for hydroxylation is 1. The number of hydrogen-bond acceptors (Lipinski definition) is 6. The van der Waals surface area contributed by atoms with Crippen LogP contribution in [0.2, 0.25) is 0 Å². The molecule has 2 heterocycles. The SMILES string of the molecule is CCN(C(=O)CSc1nnc(-c2ccccc2F)n1CCc1ccccc1)C1CCS(=O)(=O)C1. The molecule has 0 N–H and O–H groups in total. The predicted molar refractivity (Wildman–Crippen MR) is 131 cm³/mol. The summed E-state index contributed by atoms with van der Waals surface area (Å²) >= 11 is 1.24. The molecule has 2 aromatic carbocycles. The first-order chi connectivity index (χ1) is 16.4. The van der Waals surface area contributed by atoms with E-state index in [4.69, 9.17) is 0 Å². The number of hydrogen-bond donors (Lipinski definition) is 0. The van der Waals surface area contributed by atoms with Crippen LogP contribution < -0.4 is 0 Å². The lowest BCUT2D eigenvalue weighted by atomic mass is 10.1. The monoisotopic (exact) mass is 502 g/mol. The molecule has 4 rings (SSSR count). The van der Waals surface area contributed by atoms with Crippen LogP contribution in [0.5, 0.6) is 0 Å². The second kappa shape index (κ2) is 10.7. The third-order valence-electron chi connectivity index (χ3n) is 5.93. The summed E-state index contributed by atoms with van der Waals surface area (Å²) in [5, 5.41) is 9.04. The van der Waals surface area contributed by atoms with E-state index in [0.29, 0.717) is 42.5 Å². The number of rotatable bonds is 9. The van der Waals surface area contributed by atoms with Gasteiger partial charge in [0.05, 0.1) is 22.8 Å². The summed E-state index contributed by atoms with van der Waals surface area (Å²) in [6, 6.07) is 16.1. The first-order valence-electron chi connectivity index (χ1n) is 11.2. The Kier molecular flexibility index (Phi) is 7.67. The van der Waals surface area contributed by atoms with Crippen LogP contribution in [0.3, 0.4) is 0 Å². The van der Waals surface area contributed by atoms with E-state index in [1.807, 2.05) is 41.8 Å². The zero-order valence-corrected chi connectivity index (χ0v) is 20.6. The molecule has 0 aliphatic carbocycles. The van der Waals surface area contributed by atoms with Crippen LogP contribution in [-0.2, 0) is 27.6 Å². The summed E-state index contributed by atoms with van der Waals surface area (Å²) in [6.45, 7) is 2.82. The highest BCUT2D eigenvalue weighted by molar-refractivity contribution is 7.99. The van der Waals surface area contributed by atoms with Gasteiger partial charge in [-0.25, -0.2) is 12.8 Å². The van der Waals surface area contributed by atoms with Gasteiger partial charge >= 0.3 is 0 Å². The third kappa shape index (κ3) is 5.67. The number of carbonyl (C=O) groups is 1. The van der Waals surface area contributed by atoms with Crippen molar-refractivity contribution in [1.82, 2.24) is 19.7 Å². The van der Waals surface area contributed by atoms with Gasteiger partial charge in [-0.05, 0) is 37.5 Å². The first kappa shape index (κ1) is 24.4. The Morgan fingerprint density at radius 1 is 1.15 bits per heavy atom. The quantitative estimate of drug-likeness (QED) is 0.417. The largest absolute Gasteiger partial charge is 0.338 e. The summed E-state index contributed by atoms with van der Waals surface area (Å²) in [7, 11) is -3.09. The molecule has 1 unspecified atom stereocenters. The standard InChI is InChI=1S/C24H27FN4O3S2/c1-2-28(19-13-15-34(31,32)17-19)22(30)16-33-24-27-26-23(20-10-6-7-11-21(20)25)29(24)14-12-18-8-4-3-5-9-18/h3-11,19H,2,12-17H2,1H3. The lowest BCUT2D eigenvalue weighted by Crippen LogP contribution is -2.42. The first-order valence-corrected chi connectivity index (χ1v) is 14.0. The lowest BCUT2D eigenvalue weighted by molar-refractivity contribution is -0.129. The Morgan fingerprint density at radius 2 is 1.88 bits per heavy atom. The van der Waals surface area contributed by atoms with Gasteiger partial charge in [0, 0.05) is 19.1 Å². The van der Waals surface area contributed by atoms with Crippen molar-refractivity contribution in [1.29, 1.82) is 0 Å². The molecule has 1 saturated heterocycles. The minimum atomic E-state index is -3.09. The average molecular weight is 503 g/mol. The molecule has 10 heteroatoms. The van der Waals surface area contributed by atoms with E-state index in [2.05, 4.69) is 10.2 Å². The van der Waals surface area contributed by atoms with Gasteiger partial charge in [-0.1, -0.05) is 54.2 Å². The van der Waals surface area contributed by atoms with Crippen molar-refractivity contribution in [2.75, 3.05) is 23.8 Å². The van der Waals surface area contributed by atoms with Gasteiger partial charge in [0.1, 0.15) is 5.82 Å². The summed E-state index contributed by atoms with van der Waals surface area (Å²) in [5.41, 5.74) is 1.48. The molecule has 7 nitrogen and oxygen atoms in total. The summed E-state index contributed by atoms with van der Waals surface area (Å²) in [4.78, 5) is 14.6. The second-order valence-electron chi connectivity index (χ2n) is 8.20. The van der Waals surface area contributed by atoms with Crippen molar-refractivity contribution >= 4 is 27.5 Å². The maximum Gasteiger partial charge on any atom is 0.233 e. The Hall–Kier alpha value is -2.72. The number of sulfone groups is 1. The highest BCUT2D eigenvalue weighted by Gasteiger charge is 2.34. The minimum Gasteiger partial charge on any atom is -0.338 e. The molecule has 0 bridgehead atoms. The molecule has 1 aliphatic rings. The molecule has 1 amide bonds. The van der Waals surface area contributed by atoms with Crippen LogP contribution in [0.25, 0.3) is 11.4 Å². The Balaban J connectivity index is 1.53. The molecule has 34 heavy (non-hydrogen) atoms. The maximum atomic E-state index is 14.5. The van der Waals surface area contributed by atoms with Crippen molar-refractivity contribution in [3.63, 3.8) is 0 Å². The number of carbonyl (C=O) groups excluding carboxylic acids is 1. The molecular formula is C24H27FN4O3S2. The van der Waals surface area contributed by atoms with E-state index in [9.17, 15) is 17.6 Å². The summed E-state index contributed by atoms with van der Waals surface area (Å²) < 4.78 is 40.1. The topological polar surface area (TPSA) is 85.2 Å². The molecule has 180 valence electrons. The molecule has 3 aromatic rings. The number of thioether (sulfide) groups is 1. The molecule has 1 aromatic heterocycles. The fraction of sp³-hybridized carbons (Fsp3) is 0.375. The molecule has 0 saturated carbocycles. The Morgan fingerprint density at radius 3 is 2.56 bits per heavy atom. The minimum absolute atomic E-state index is 0.0158. The Labute approximate surface area is 203 Å². The fourth-order valence-corrected chi connectivity index (χ4v) is 6.77. The molecule has 0 radical (unpaired) electrons. The van der Waals surface area contributed by atoms with E-state index < -0.39 is 9.84 Å². The van der Waals surface area contributed by atoms with Gasteiger partial charge in [-0.3, -0.25) is 4.79 Å². The van der Waals surface area contributed by atoms with Crippen molar-refractivity contribution in [3.8, 4) is 11.4 Å². The zero-order valence-electron chi connectivity index (χ0n) is 18.9. The van der Waals surface area contributed by atoms with E-state index >= 15 is 0 Å². The van der Waals surface area contributed by atoms with Crippen LogP contribution in [-0.4, -0.2) is 63.8 Å². The van der Waals surface area contributed by atoms with Gasteiger partial charge < -0.3 is 9.47 Å². The normalized spacial score (nSPS) is 17.1. The highest BCUT2D eigenvalue weighted by atomic mass is 32.2. The molecule has 1 aliphatic heterocycles. The van der Waals surface area contributed by atoms with Gasteiger partial charge in [0.2, 0.25) is 5.91 Å². The van der Waals surface area contributed by atoms with Crippen molar-refractivity contribution in [2.24, 2.45) is 0 Å². The third-order valence-corrected chi connectivity index (χ3v) is 8.64. The summed E-state index contributed by atoms with van der Waals surface area (Å²) in [6.07, 6.45) is 1.17. The van der Waals surface area contributed by atoms with Crippen LogP contribution in [0, 0.1) is 5.82 Å². The predicted octanol–water partition coefficient (Wildman–Crippen LogP) is 3.45. The van der Waals surface area contributed by atoms with Crippen molar-refractivity contribution in [2.45, 2.75) is 37.5 Å². The second-order valence-corrected chi connectivity index (χ2v) is 11.4. The van der Waals surface area contributed by atoms with Crippen LogP contribution >= 0.6 is 11.8 Å². The Bertz CT molecular complexity index is 1250. The molecular weight excluding hydrogens is 475 g/mol. The van der Waals surface area contributed by atoms with Crippen molar-refractivity contribution < 1.29 is 17.6 Å². The molecule has 1 atom stereocenters. The number of halogens is 1. The summed E-state index contributed by atoms with van der Waals surface area (Å²) in [5.74, 6) is 0.127. The van der Waals surface area contributed by atoms with Crippen LogP contribution in [0.15, 0.2) is 59.8 Å². The number of amides is 1. The van der Waals surface area contributed by atoms with Crippen LogP contribution in [0.4, 0.5) is 4.39 Å². The van der Waals surface area contributed by atoms with Gasteiger partial charge in [-0.15, -0.1) is 10.2 Å². The fourth-order valence-electron chi connectivity index (χ4n) is 4.19. The zero-order chi connectivity index (χ0) is 24.1. The molecule has 1 fully saturated rings. The number of benzene rings is 2. The van der Waals surface area contributed by atoms with E-state index in [0.717, 1.165) is 5.56 Å². The van der Waals surface area contributed by atoms with E-state index in [-0.39, 0.29) is 35.0 Å². The van der Waals surface area contributed by atoms with E-state index in [1.165, 1.54) is 17.8 Å². The van der Waals surface area contributed by atoms with Crippen molar-refractivity contribution in [3.05, 3.63) is 66.0 Å². The van der Waals surface area contributed by atoms with E-state index in [1.54, 1.807) is 23.1 Å². The lowest BCUT2D eigenvalue weighted by Gasteiger charge is -2.26. The molecule has 0 spiro atoms. The van der Waals surface area contributed by atoms with Crippen LogP contribution in [0.1, 0.15) is 18.9 Å². The smallest absolute Gasteiger partial charge is 0.233 e. The van der Waals surface area contributed by atoms with Gasteiger partial charge in [0.15, 0.2) is 20.8 Å². The van der Waals surface area contributed by atoms with Gasteiger partial charge in [0.25, 0.3) is 0 Å².